The zero-order valence-electron chi connectivity index (χ0n) is 11.9. The maximum atomic E-state index is 12.6. The van der Waals surface area contributed by atoms with Gasteiger partial charge in [0.2, 0.25) is 5.91 Å². The molecule has 0 saturated heterocycles. The molecule has 1 unspecified atom stereocenters. The van der Waals surface area contributed by atoms with Crippen LogP contribution in [0.2, 0.25) is 0 Å². The summed E-state index contributed by atoms with van der Waals surface area (Å²) in [5, 5.41) is 12.5. The van der Waals surface area contributed by atoms with Gasteiger partial charge in [0.15, 0.2) is 0 Å². The average molecular weight is 282 g/mol. The third-order valence-electron chi connectivity index (χ3n) is 5.50. The summed E-state index contributed by atoms with van der Waals surface area (Å²) in [6.07, 6.45) is 5.06. The molecule has 1 atom stereocenters. The minimum atomic E-state index is -0.793. The summed E-state index contributed by atoms with van der Waals surface area (Å²) in [4.78, 5) is 12.6. The summed E-state index contributed by atoms with van der Waals surface area (Å²) < 4.78 is 5.39. The van der Waals surface area contributed by atoms with E-state index in [1.54, 1.807) is 0 Å². The molecular weight excluding hydrogens is 264 g/mol. The second kappa shape index (κ2) is 4.32. The van der Waals surface area contributed by atoms with Gasteiger partial charge in [0.05, 0.1) is 19.3 Å². The minimum Gasteiger partial charge on any atom is -0.372 e. The van der Waals surface area contributed by atoms with Gasteiger partial charge < -0.3 is 10.1 Å². The highest BCUT2D eigenvalue weighted by Gasteiger charge is 2.72. The van der Waals surface area contributed by atoms with E-state index in [1.165, 1.54) is 5.56 Å². The normalized spacial score (nSPS) is 28.1. The molecule has 2 saturated carbocycles. The fourth-order valence-corrected chi connectivity index (χ4v) is 4.14. The second-order valence-corrected chi connectivity index (χ2v) is 6.61. The maximum Gasteiger partial charge on any atom is 0.245 e. The van der Waals surface area contributed by atoms with Crippen LogP contribution in [0, 0.1) is 22.2 Å². The number of amides is 1. The van der Waals surface area contributed by atoms with E-state index >= 15 is 0 Å². The Hall–Kier alpha value is -1.86. The topological polar surface area (TPSA) is 62.1 Å². The molecule has 2 fully saturated rings. The van der Waals surface area contributed by atoms with Crippen molar-refractivity contribution in [1.82, 2.24) is 0 Å². The Kier molecular flexibility index (Phi) is 2.64. The first-order chi connectivity index (χ1) is 10.2. The molecule has 1 heterocycles. The summed E-state index contributed by atoms with van der Waals surface area (Å²) >= 11 is 0. The van der Waals surface area contributed by atoms with Crippen LogP contribution in [-0.2, 0) is 22.7 Å². The Morgan fingerprint density at radius 3 is 2.76 bits per heavy atom. The van der Waals surface area contributed by atoms with E-state index in [1.807, 2.05) is 18.2 Å². The number of rotatable bonds is 2. The number of hydrogen-bond acceptors (Lipinski definition) is 3. The molecule has 21 heavy (non-hydrogen) atoms. The average Bonchev–Trinajstić information content (AvgIpc) is 2.85. The number of nitrogens with one attached hydrogen (secondary N) is 1. The molecule has 4 rings (SSSR count). The quantitative estimate of drug-likeness (QED) is 0.906. The predicted molar refractivity (Wildman–Crippen MR) is 77.1 cm³/mol. The van der Waals surface area contributed by atoms with E-state index in [2.05, 4.69) is 11.4 Å². The number of ether oxygens (including phenoxy) is 1. The van der Waals surface area contributed by atoms with Crippen LogP contribution in [0.1, 0.15) is 43.2 Å². The third-order valence-corrected chi connectivity index (χ3v) is 5.50. The molecule has 0 aromatic heterocycles. The summed E-state index contributed by atoms with van der Waals surface area (Å²) in [5.74, 6) is -0.120. The molecular formula is C17H18N2O2. The Labute approximate surface area is 124 Å². The summed E-state index contributed by atoms with van der Waals surface area (Å²) in [6.45, 7) is 1.25. The number of carbonyl (C=O) groups excluding carboxylic acids is 1. The molecule has 4 nitrogen and oxygen atoms in total. The SMILES string of the molecule is N#CC1(C(=O)Nc2ccc3c(c2)COC3)CC12CCCC2. The van der Waals surface area contributed by atoms with Gasteiger partial charge in [-0.15, -0.1) is 0 Å². The number of fused-ring (bicyclic) bond motifs is 1. The van der Waals surface area contributed by atoms with Gasteiger partial charge in [-0.2, -0.15) is 5.26 Å². The van der Waals surface area contributed by atoms with E-state index < -0.39 is 5.41 Å². The lowest BCUT2D eigenvalue weighted by Gasteiger charge is -2.15. The van der Waals surface area contributed by atoms with Gasteiger partial charge in [0.1, 0.15) is 5.41 Å². The Balaban J connectivity index is 1.55. The van der Waals surface area contributed by atoms with Crippen LogP contribution in [0.15, 0.2) is 18.2 Å². The standard InChI is InChI=1S/C17H18N2O2/c18-11-17(10-16(17)5-1-2-6-16)15(20)19-14-4-3-12-8-21-9-13(12)7-14/h3-4,7H,1-2,5-6,8-10H2,(H,19,20). The lowest BCUT2D eigenvalue weighted by Crippen LogP contribution is -2.28. The number of nitrogens with zero attached hydrogens (tertiary/aromatic N) is 1. The number of nitriles is 1. The van der Waals surface area contributed by atoms with Crippen molar-refractivity contribution in [3.05, 3.63) is 29.3 Å². The Morgan fingerprint density at radius 1 is 1.24 bits per heavy atom. The third kappa shape index (κ3) is 1.74. The predicted octanol–water partition coefficient (Wildman–Crippen LogP) is 3.13. The van der Waals surface area contributed by atoms with Crippen LogP contribution >= 0.6 is 0 Å². The van der Waals surface area contributed by atoms with Crippen LogP contribution in [0.4, 0.5) is 5.69 Å². The molecule has 108 valence electrons. The molecule has 3 aliphatic rings. The molecule has 0 bridgehead atoms. The van der Waals surface area contributed by atoms with E-state index in [9.17, 15) is 10.1 Å². The number of carbonyl (C=O) groups is 1. The van der Waals surface area contributed by atoms with Gasteiger partial charge in [-0.05, 0) is 42.5 Å². The lowest BCUT2D eigenvalue weighted by atomic mass is 9.91. The van der Waals surface area contributed by atoms with Crippen LogP contribution in [0.3, 0.4) is 0 Å². The van der Waals surface area contributed by atoms with Gasteiger partial charge in [-0.3, -0.25) is 4.79 Å². The first-order valence-electron chi connectivity index (χ1n) is 7.61. The van der Waals surface area contributed by atoms with Crippen molar-refractivity contribution in [2.45, 2.75) is 45.3 Å². The first kappa shape index (κ1) is 12.8. The van der Waals surface area contributed by atoms with Crippen molar-refractivity contribution in [2.75, 3.05) is 5.32 Å². The van der Waals surface area contributed by atoms with E-state index in [0.29, 0.717) is 13.2 Å². The van der Waals surface area contributed by atoms with Crippen LogP contribution in [0.5, 0.6) is 0 Å². The lowest BCUT2D eigenvalue weighted by molar-refractivity contribution is -0.120. The minimum absolute atomic E-state index is 0.0360. The molecule has 4 heteroatoms. The molecule has 1 aliphatic heterocycles. The number of anilines is 1. The van der Waals surface area contributed by atoms with Crippen LogP contribution < -0.4 is 5.32 Å². The fraction of sp³-hybridized carbons (Fsp3) is 0.529. The van der Waals surface area contributed by atoms with Gasteiger partial charge >= 0.3 is 0 Å². The second-order valence-electron chi connectivity index (χ2n) is 6.61. The molecule has 1 spiro atoms. The van der Waals surface area contributed by atoms with Gasteiger partial charge in [0, 0.05) is 11.1 Å². The molecule has 1 aromatic rings. The molecule has 2 aliphatic carbocycles. The van der Waals surface area contributed by atoms with Crippen molar-refractivity contribution in [2.24, 2.45) is 10.8 Å². The highest BCUT2D eigenvalue weighted by molar-refractivity contribution is 6.00. The molecule has 1 amide bonds. The first-order valence-corrected chi connectivity index (χ1v) is 7.61. The zero-order chi connectivity index (χ0) is 14.5. The highest BCUT2D eigenvalue weighted by Crippen LogP contribution is 2.71. The van der Waals surface area contributed by atoms with Crippen molar-refractivity contribution in [3.8, 4) is 6.07 Å². The molecule has 1 N–H and O–H groups in total. The zero-order valence-corrected chi connectivity index (χ0v) is 11.9. The Bertz CT molecular complexity index is 655. The number of benzene rings is 1. The van der Waals surface area contributed by atoms with E-state index in [-0.39, 0.29) is 11.3 Å². The number of hydrogen-bond donors (Lipinski definition) is 1. The fourth-order valence-electron chi connectivity index (χ4n) is 4.14. The van der Waals surface area contributed by atoms with Crippen LogP contribution in [-0.4, -0.2) is 5.91 Å². The smallest absolute Gasteiger partial charge is 0.245 e. The van der Waals surface area contributed by atoms with Gasteiger partial charge in [0.25, 0.3) is 0 Å². The van der Waals surface area contributed by atoms with Crippen molar-refractivity contribution in [3.63, 3.8) is 0 Å². The Morgan fingerprint density at radius 2 is 2.00 bits per heavy atom. The molecule has 0 radical (unpaired) electrons. The highest BCUT2D eigenvalue weighted by atomic mass is 16.5. The summed E-state index contributed by atoms with van der Waals surface area (Å²) in [5.41, 5.74) is 2.26. The maximum absolute atomic E-state index is 12.6. The largest absolute Gasteiger partial charge is 0.372 e. The van der Waals surface area contributed by atoms with Gasteiger partial charge in [-0.25, -0.2) is 0 Å². The van der Waals surface area contributed by atoms with E-state index in [0.717, 1.165) is 43.4 Å². The van der Waals surface area contributed by atoms with Crippen molar-refractivity contribution < 1.29 is 9.53 Å². The molecule has 1 aromatic carbocycles. The monoisotopic (exact) mass is 282 g/mol. The van der Waals surface area contributed by atoms with Crippen LogP contribution in [0.25, 0.3) is 0 Å². The van der Waals surface area contributed by atoms with Gasteiger partial charge in [-0.1, -0.05) is 18.9 Å². The summed E-state index contributed by atoms with van der Waals surface area (Å²) in [6, 6.07) is 8.19. The van der Waals surface area contributed by atoms with Crippen molar-refractivity contribution in [1.29, 1.82) is 5.26 Å². The van der Waals surface area contributed by atoms with E-state index in [4.69, 9.17) is 4.74 Å². The van der Waals surface area contributed by atoms with Crippen molar-refractivity contribution >= 4 is 11.6 Å². The summed E-state index contributed by atoms with van der Waals surface area (Å²) in [7, 11) is 0.